The summed E-state index contributed by atoms with van der Waals surface area (Å²) >= 11 is 0. The van der Waals surface area contributed by atoms with Crippen molar-refractivity contribution in [2.45, 2.75) is 38.1 Å². The van der Waals surface area contributed by atoms with Crippen molar-refractivity contribution < 1.29 is 14.7 Å². The van der Waals surface area contributed by atoms with Crippen LogP contribution in [0.3, 0.4) is 0 Å². The van der Waals surface area contributed by atoms with E-state index in [-0.39, 0.29) is 17.9 Å². The van der Waals surface area contributed by atoms with Crippen molar-refractivity contribution in [2.75, 3.05) is 13.2 Å². The SMILES string of the molecule is NC(=O)[C@H](CO)N1CC2(CCCCC2)C1=O. The van der Waals surface area contributed by atoms with Crippen LogP contribution in [0.2, 0.25) is 0 Å². The number of β-lactam (4-membered cyclic amide) rings is 1. The lowest BCUT2D eigenvalue weighted by atomic mass is 9.67. The highest BCUT2D eigenvalue weighted by Crippen LogP contribution is 2.45. The van der Waals surface area contributed by atoms with Crippen molar-refractivity contribution in [1.82, 2.24) is 4.90 Å². The van der Waals surface area contributed by atoms with Crippen LogP contribution in [0.5, 0.6) is 0 Å². The minimum Gasteiger partial charge on any atom is -0.394 e. The zero-order chi connectivity index (χ0) is 11.8. The molecule has 0 bridgehead atoms. The van der Waals surface area contributed by atoms with E-state index in [1.165, 1.54) is 11.3 Å². The van der Waals surface area contributed by atoms with E-state index >= 15 is 0 Å². The Morgan fingerprint density at radius 1 is 1.44 bits per heavy atom. The first kappa shape index (κ1) is 11.4. The molecule has 2 rings (SSSR count). The average Bonchev–Trinajstić information content (AvgIpc) is 2.29. The van der Waals surface area contributed by atoms with Crippen molar-refractivity contribution in [3.05, 3.63) is 0 Å². The second kappa shape index (κ2) is 4.05. The van der Waals surface area contributed by atoms with E-state index < -0.39 is 11.9 Å². The number of hydrogen-bond donors (Lipinski definition) is 2. The Bertz CT molecular complexity index is 310. The molecular formula is C11H18N2O3. The van der Waals surface area contributed by atoms with E-state index in [1.54, 1.807) is 0 Å². The number of carbonyl (C=O) groups excluding carboxylic acids is 2. The number of aliphatic hydroxyl groups excluding tert-OH is 1. The maximum Gasteiger partial charge on any atom is 0.242 e. The molecule has 5 nitrogen and oxygen atoms in total. The van der Waals surface area contributed by atoms with Gasteiger partial charge in [-0.15, -0.1) is 0 Å². The highest BCUT2D eigenvalue weighted by molar-refractivity contribution is 5.94. The maximum atomic E-state index is 12.1. The van der Waals surface area contributed by atoms with Crippen molar-refractivity contribution in [1.29, 1.82) is 0 Å². The summed E-state index contributed by atoms with van der Waals surface area (Å²) in [6.45, 7) is 0.206. The third kappa shape index (κ3) is 1.59. The summed E-state index contributed by atoms with van der Waals surface area (Å²) < 4.78 is 0. The summed E-state index contributed by atoms with van der Waals surface area (Å²) in [5.74, 6) is -0.619. The third-order valence-corrected chi connectivity index (χ3v) is 3.88. The normalized spacial score (nSPS) is 25.3. The Balaban J connectivity index is 2.03. The molecule has 1 atom stereocenters. The first-order valence-electron chi connectivity index (χ1n) is 5.82. The van der Waals surface area contributed by atoms with Gasteiger partial charge in [-0.05, 0) is 12.8 Å². The summed E-state index contributed by atoms with van der Waals surface area (Å²) in [6.07, 6.45) is 5.19. The minimum absolute atomic E-state index is 0.00468. The fourth-order valence-corrected chi connectivity index (χ4v) is 2.87. The van der Waals surface area contributed by atoms with Gasteiger partial charge in [0.2, 0.25) is 11.8 Å². The number of amides is 2. The van der Waals surface area contributed by atoms with Gasteiger partial charge in [0.05, 0.1) is 12.0 Å². The maximum absolute atomic E-state index is 12.1. The Labute approximate surface area is 94.6 Å². The Hall–Kier alpha value is -1.10. The van der Waals surface area contributed by atoms with Crippen LogP contribution in [-0.2, 0) is 9.59 Å². The lowest BCUT2D eigenvalue weighted by Gasteiger charge is -2.52. The van der Waals surface area contributed by atoms with Gasteiger partial charge in [0.25, 0.3) is 0 Å². The van der Waals surface area contributed by atoms with Gasteiger partial charge in [0.1, 0.15) is 6.04 Å². The molecule has 5 heteroatoms. The van der Waals surface area contributed by atoms with Gasteiger partial charge >= 0.3 is 0 Å². The lowest BCUT2D eigenvalue weighted by Crippen LogP contribution is -2.68. The topological polar surface area (TPSA) is 83.6 Å². The predicted molar refractivity (Wildman–Crippen MR) is 57.3 cm³/mol. The molecule has 2 aliphatic rings. The molecular weight excluding hydrogens is 208 g/mol. The second-order valence-corrected chi connectivity index (χ2v) is 4.87. The number of nitrogens with zero attached hydrogens (tertiary/aromatic N) is 1. The van der Waals surface area contributed by atoms with Crippen LogP contribution in [0.25, 0.3) is 0 Å². The molecule has 0 aromatic heterocycles. The summed E-state index contributed by atoms with van der Waals surface area (Å²) in [4.78, 5) is 24.5. The average molecular weight is 226 g/mol. The molecule has 16 heavy (non-hydrogen) atoms. The Kier molecular flexibility index (Phi) is 2.88. The largest absolute Gasteiger partial charge is 0.394 e. The second-order valence-electron chi connectivity index (χ2n) is 4.87. The summed E-state index contributed by atoms with van der Waals surface area (Å²) in [5, 5.41) is 9.04. The monoisotopic (exact) mass is 226 g/mol. The molecule has 3 N–H and O–H groups in total. The fraction of sp³-hybridized carbons (Fsp3) is 0.818. The number of hydrogen-bond acceptors (Lipinski definition) is 3. The molecule has 2 amide bonds. The first-order chi connectivity index (χ1) is 7.60. The number of likely N-dealkylation sites (tertiary alicyclic amines) is 1. The summed E-state index contributed by atoms with van der Waals surface area (Å²) in [5.41, 5.74) is 4.91. The third-order valence-electron chi connectivity index (χ3n) is 3.88. The summed E-state index contributed by atoms with van der Waals surface area (Å²) in [7, 11) is 0. The Morgan fingerprint density at radius 2 is 2.06 bits per heavy atom. The van der Waals surface area contributed by atoms with E-state index in [1.807, 2.05) is 0 Å². The van der Waals surface area contributed by atoms with Gasteiger partial charge < -0.3 is 15.7 Å². The van der Waals surface area contributed by atoms with Crippen LogP contribution in [0.15, 0.2) is 0 Å². The molecule has 0 aromatic carbocycles. The zero-order valence-corrected chi connectivity index (χ0v) is 9.32. The van der Waals surface area contributed by atoms with Gasteiger partial charge in [0, 0.05) is 6.54 Å². The van der Waals surface area contributed by atoms with E-state index in [2.05, 4.69) is 0 Å². The number of carbonyl (C=O) groups is 2. The molecule has 0 aromatic rings. The molecule has 1 aliphatic heterocycles. The number of rotatable bonds is 3. The molecule has 0 radical (unpaired) electrons. The van der Waals surface area contributed by atoms with E-state index in [4.69, 9.17) is 10.8 Å². The fourth-order valence-electron chi connectivity index (χ4n) is 2.87. The van der Waals surface area contributed by atoms with Gasteiger partial charge in [-0.2, -0.15) is 0 Å². The van der Waals surface area contributed by atoms with E-state index in [0.29, 0.717) is 6.54 Å². The van der Waals surface area contributed by atoms with E-state index in [0.717, 1.165) is 25.7 Å². The van der Waals surface area contributed by atoms with Crippen LogP contribution in [-0.4, -0.2) is 41.0 Å². The van der Waals surface area contributed by atoms with Crippen LogP contribution in [0.1, 0.15) is 32.1 Å². The number of primary amides is 1. The van der Waals surface area contributed by atoms with E-state index in [9.17, 15) is 9.59 Å². The molecule has 90 valence electrons. The number of nitrogens with two attached hydrogens (primary N) is 1. The van der Waals surface area contributed by atoms with Gasteiger partial charge in [-0.25, -0.2) is 0 Å². The molecule has 1 saturated heterocycles. The predicted octanol–water partition coefficient (Wildman–Crippen LogP) is -0.375. The molecule has 1 saturated carbocycles. The lowest BCUT2D eigenvalue weighted by molar-refractivity contribution is -0.172. The molecule has 2 fully saturated rings. The molecule has 1 aliphatic carbocycles. The quantitative estimate of drug-likeness (QED) is 0.644. The zero-order valence-electron chi connectivity index (χ0n) is 9.32. The number of aliphatic hydroxyl groups is 1. The van der Waals surface area contributed by atoms with Crippen LogP contribution in [0, 0.1) is 5.41 Å². The van der Waals surface area contributed by atoms with Crippen LogP contribution in [0.4, 0.5) is 0 Å². The highest BCUT2D eigenvalue weighted by atomic mass is 16.3. The van der Waals surface area contributed by atoms with Gasteiger partial charge in [0.15, 0.2) is 0 Å². The van der Waals surface area contributed by atoms with Crippen LogP contribution >= 0.6 is 0 Å². The van der Waals surface area contributed by atoms with Gasteiger partial charge in [-0.1, -0.05) is 19.3 Å². The van der Waals surface area contributed by atoms with Gasteiger partial charge in [-0.3, -0.25) is 9.59 Å². The molecule has 0 unspecified atom stereocenters. The van der Waals surface area contributed by atoms with Crippen LogP contribution < -0.4 is 5.73 Å². The Morgan fingerprint density at radius 3 is 2.50 bits per heavy atom. The summed E-state index contributed by atoms with van der Waals surface area (Å²) in [6, 6.07) is -0.833. The van der Waals surface area contributed by atoms with Crippen molar-refractivity contribution in [2.24, 2.45) is 11.1 Å². The molecule has 1 heterocycles. The smallest absolute Gasteiger partial charge is 0.242 e. The highest BCUT2D eigenvalue weighted by Gasteiger charge is 2.54. The standard InChI is InChI=1S/C11H18N2O3/c12-9(15)8(6-14)13-7-11(10(13)16)4-2-1-3-5-11/h8,14H,1-7H2,(H2,12,15)/t8-/m0/s1. The molecule has 1 spiro atoms. The van der Waals surface area contributed by atoms with Crippen molar-refractivity contribution in [3.63, 3.8) is 0 Å². The van der Waals surface area contributed by atoms with Crippen molar-refractivity contribution >= 4 is 11.8 Å². The first-order valence-corrected chi connectivity index (χ1v) is 5.82. The minimum atomic E-state index is -0.833. The van der Waals surface area contributed by atoms with Crippen molar-refractivity contribution in [3.8, 4) is 0 Å².